The summed E-state index contributed by atoms with van der Waals surface area (Å²) in [4.78, 5) is 33.1. The number of thioether (sulfide) groups is 1. The lowest BCUT2D eigenvalue weighted by molar-refractivity contribution is -0.205. The molecule has 6 N–H and O–H groups in total. The largest absolute Gasteiger partial charge is 0.394 e. The van der Waals surface area contributed by atoms with E-state index in [0.29, 0.717) is 31.6 Å². The molecule has 0 aromatic carbocycles. The number of H-pyrrole nitrogens is 2. The van der Waals surface area contributed by atoms with Gasteiger partial charge < -0.3 is 40.0 Å². The van der Waals surface area contributed by atoms with Crippen molar-refractivity contribution in [3.05, 3.63) is 69.3 Å². The third kappa shape index (κ3) is 7.79. The second kappa shape index (κ2) is 16.7. The Morgan fingerprint density at radius 2 is 1.59 bits per heavy atom. The molecular formula is C42H57N5O6S. The molecule has 8 bridgehead atoms. The highest BCUT2D eigenvalue weighted by Gasteiger charge is 2.43. The zero-order valence-corrected chi connectivity index (χ0v) is 33.7. The fourth-order valence-electron chi connectivity index (χ4n) is 8.20. The van der Waals surface area contributed by atoms with E-state index in [4.69, 9.17) is 14.7 Å². The summed E-state index contributed by atoms with van der Waals surface area (Å²) in [7, 11) is 1.81. The first kappa shape index (κ1) is 40.2. The monoisotopic (exact) mass is 759 g/mol. The zero-order chi connectivity index (χ0) is 39.0. The smallest absolute Gasteiger partial charge is 0.222 e. The molecule has 0 unspecified atom stereocenters. The second-order valence-corrected chi connectivity index (χ2v) is 16.4. The quantitative estimate of drug-likeness (QED) is 0.125. The van der Waals surface area contributed by atoms with Crippen LogP contribution in [-0.2, 0) is 16.0 Å². The summed E-state index contributed by atoms with van der Waals surface area (Å²) in [5, 5.41) is 40.0. The molecule has 1 amide bonds. The van der Waals surface area contributed by atoms with Crippen molar-refractivity contribution in [2.45, 2.75) is 122 Å². The molecular weight excluding hydrogens is 703 g/mol. The van der Waals surface area contributed by atoms with E-state index in [-0.39, 0.29) is 17.7 Å². The van der Waals surface area contributed by atoms with Crippen molar-refractivity contribution in [1.29, 1.82) is 0 Å². The number of carbonyl (C=O) groups is 1. The maximum atomic E-state index is 13.5. The lowest BCUT2D eigenvalue weighted by Crippen LogP contribution is -2.57. The van der Waals surface area contributed by atoms with E-state index in [1.807, 2.05) is 7.05 Å². The molecule has 6 rings (SSSR count). The van der Waals surface area contributed by atoms with Gasteiger partial charge in [0.25, 0.3) is 0 Å². The maximum absolute atomic E-state index is 13.5. The summed E-state index contributed by atoms with van der Waals surface area (Å²) >= 11 is 1.30. The first-order valence-corrected chi connectivity index (χ1v) is 20.4. The number of aromatic nitrogens is 4. The van der Waals surface area contributed by atoms with Crippen molar-refractivity contribution in [2.24, 2.45) is 0 Å². The molecule has 3 aromatic heterocycles. The van der Waals surface area contributed by atoms with Crippen LogP contribution in [0.1, 0.15) is 110 Å². The fraction of sp³-hybridized carbons (Fsp3) is 0.548. The third-order valence-electron chi connectivity index (χ3n) is 11.8. The highest BCUT2D eigenvalue weighted by Crippen LogP contribution is 2.42. The minimum Gasteiger partial charge on any atom is -0.394 e. The van der Waals surface area contributed by atoms with Crippen LogP contribution >= 0.6 is 11.8 Å². The van der Waals surface area contributed by atoms with E-state index in [1.165, 1.54) is 34.0 Å². The summed E-state index contributed by atoms with van der Waals surface area (Å²) in [5.41, 5.74) is 14.6. The molecule has 1 saturated heterocycles. The first-order chi connectivity index (χ1) is 25.8. The van der Waals surface area contributed by atoms with Crippen LogP contribution in [-0.4, -0.2) is 107 Å². The van der Waals surface area contributed by atoms with Crippen LogP contribution in [0.4, 0.5) is 0 Å². The van der Waals surface area contributed by atoms with Gasteiger partial charge in [-0.15, -0.1) is 11.8 Å². The van der Waals surface area contributed by atoms with Gasteiger partial charge in [0.05, 0.1) is 18.0 Å². The van der Waals surface area contributed by atoms with Crippen molar-refractivity contribution < 1.29 is 30.0 Å². The molecule has 0 saturated carbocycles. The molecule has 6 heterocycles. The predicted octanol–water partition coefficient (Wildman–Crippen LogP) is 6.19. The Bertz CT molecular complexity index is 2070. The van der Waals surface area contributed by atoms with Gasteiger partial charge in [0.2, 0.25) is 5.91 Å². The number of nitrogens with zero attached hydrogens (tertiary/aromatic N) is 3. The van der Waals surface area contributed by atoms with E-state index < -0.39 is 36.5 Å². The van der Waals surface area contributed by atoms with Crippen molar-refractivity contribution in [3.8, 4) is 0 Å². The molecule has 0 aliphatic carbocycles. The van der Waals surface area contributed by atoms with E-state index >= 15 is 0 Å². The Balaban J connectivity index is 1.26. The predicted molar refractivity (Wildman–Crippen MR) is 216 cm³/mol. The van der Waals surface area contributed by atoms with Gasteiger partial charge >= 0.3 is 0 Å². The Morgan fingerprint density at radius 1 is 0.889 bits per heavy atom. The lowest BCUT2D eigenvalue weighted by Gasteiger charge is -2.39. The van der Waals surface area contributed by atoms with Crippen LogP contribution in [0, 0.1) is 20.8 Å². The minimum atomic E-state index is -1.39. The molecule has 3 aliphatic rings. The van der Waals surface area contributed by atoms with Gasteiger partial charge in [0, 0.05) is 65.3 Å². The number of aliphatic hydroxyl groups excluding tert-OH is 4. The molecule has 3 aromatic rings. The number of fused-ring (bicyclic) bond motifs is 8. The fourth-order valence-corrected chi connectivity index (χ4v) is 9.31. The molecule has 54 heavy (non-hydrogen) atoms. The van der Waals surface area contributed by atoms with Crippen LogP contribution in [0.3, 0.4) is 0 Å². The number of hydrogen-bond acceptors (Lipinski definition) is 9. The van der Waals surface area contributed by atoms with E-state index in [0.717, 1.165) is 68.8 Å². The molecule has 7 atom stereocenters. The van der Waals surface area contributed by atoms with Crippen LogP contribution < -0.4 is 0 Å². The maximum Gasteiger partial charge on any atom is 0.222 e. The highest BCUT2D eigenvalue weighted by molar-refractivity contribution is 7.99. The van der Waals surface area contributed by atoms with Crippen molar-refractivity contribution >= 4 is 50.9 Å². The second-order valence-electron chi connectivity index (χ2n) is 15.2. The summed E-state index contributed by atoms with van der Waals surface area (Å²) in [5.74, 6) is 0.752. The van der Waals surface area contributed by atoms with Gasteiger partial charge in [0.15, 0.2) is 0 Å². The van der Waals surface area contributed by atoms with E-state index in [2.05, 4.69) is 82.7 Å². The van der Waals surface area contributed by atoms with Gasteiger partial charge in [-0.25, -0.2) is 4.98 Å². The number of aryl methyl sites for hydroxylation is 4. The number of hydrogen-bond donors (Lipinski definition) is 6. The number of allylic oxidation sites excluding steroid dienone is 2. The molecule has 11 nitrogen and oxygen atoms in total. The molecule has 292 valence electrons. The molecule has 3 aliphatic heterocycles. The van der Waals surface area contributed by atoms with E-state index in [9.17, 15) is 25.2 Å². The SMILES string of the molecule is CCC1=C(C)c2cc3[nH]c(cc4nc(c(C)c5cc(C)c(cc1n2)[nH]5)[C@@H](CCC(=O)N(C)CCCS[C@@H]1O[C@H](CO)[C@@H](O)[C@H](O)[C@H]1O)[C@@H]4C)c(C)c3CC. The Labute approximate surface area is 322 Å². The number of rotatable bonds is 11. The van der Waals surface area contributed by atoms with Gasteiger partial charge in [-0.05, 0) is 117 Å². The van der Waals surface area contributed by atoms with Gasteiger partial charge in [0.1, 0.15) is 29.9 Å². The summed E-state index contributed by atoms with van der Waals surface area (Å²) in [6, 6.07) is 8.76. The van der Waals surface area contributed by atoms with Gasteiger partial charge in [-0.2, -0.15) is 0 Å². The van der Waals surface area contributed by atoms with Crippen molar-refractivity contribution in [3.63, 3.8) is 0 Å². The van der Waals surface area contributed by atoms with Crippen LogP contribution in [0.5, 0.6) is 0 Å². The third-order valence-corrected chi connectivity index (χ3v) is 13.0. The van der Waals surface area contributed by atoms with Crippen molar-refractivity contribution in [1.82, 2.24) is 24.8 Å². The lowest BCUT2D eigenvalue weighted by atomic mass is 9.86. The first-order valence-electron chi connectivity index (χ1n) is 19.3. The Hall–Kier alpha value is -3.52. The van der Waals surface area contributed by atoms with Gasteiger partial charge in [-0.1, -0.05) is 20.8 Å². The topological polar surface area (TPSA) is 168 Å². The zero-order valence-electron chi connectivity index (χ0n) is 32.9. The van der Waals surface area contributed by atoms with Crippen LogP contribution in [0.2, 0.25) is 0 Å². The Kier molecular flexibility index (Phi) is 12.4. The summed E-state index contributed by atoms with van der Waals surface area (Å²) in [6.07, 6.45) is -1.52. The number of ether oxygens (including phenoxy) is 1. The van der Waals surface area contributed by atoms with Crippen molar-refractivity contribution in [2.75, 3.05) is 26.0 Å². The summed E-state index contributed by atoms with van der Waals surface area (Å²) < 4.78 is 5.61. The molecule has 0 spiro atoms. The standard InChI is InChI=1S/C42H57N5O6S/c1-9-26-23(5)32-19-35-27(10-2)22(4)31(44-35)18-33-24(6)28(38(46-33)25(7)30-16-21(3)29(43-30)17-34(26)45-32)12-13-37(49)47(8)14-11-15-54-42-41(52)40(51)39(50)36(20-48)53-42/h16-19,24,28,36,39-44,48,50-52H,9-15,20H2,1-8H3/t24-,28-,36+,39+,40-,41+,42-/m0/s1. The minimum absolute atomic E-state index is 0.0437. The van der Waals surface area contributed by atoms with Crippen LogP contribution in [0.15, 0.2) is 24.3 Å². The number of carbonyl (C=O) groups excluding carboxylic acids is 1. The highest BCUT2D eigenvalue weighted by atomic mass is 32.2. The summed E-state index contributed by atoms with van der Waals surface area (Å²) in [6.45, 7) is 15.3. The number of aliphatic hydroxyl groups is 4. The molecule has 0 radical (unpaired) electrons. The number of amides is 1. The average Bonchev–Trinajstić information content (AvgIpc) is 3.86. The number of aromatic amines is 2. The average molecular weight is 760 g/mol. The molecule has 1 fully saturated rings. The van der Waals surface area contributed by atoms with Crippen LogP contribution in [0.25, 0.3) is 33.2 Å². The Morgan fingerprint density at radius 3 is 2.30 bits per heavy atom. The van der Waals surface area contributed by atoms with Gasteiger partial charge in [-0.3, -0.25) is 9.78 Å². The van der Waals surface area contributed by atoms with E-state index in [1.54, 1.807) is 4.90 Å². The molecule has 12 heteroatoms. The number of nitrogens with one attached hydrogen (secondary N) is 2. The normalized spacial score (nSPS) is 24.3.